The minimum atomic E-state index is -1.14. The molecule has 0 saturated carbocycles. The predicted molar refractivity (Wildman–Crippen MR) is 113 cm³/mol. The Morgan fingerprint density at radius 2 is 1.07 bits per heavy atom. The fourth-order valence-electron chi connectivity index (χ4n) is 6.66. The predicted octanol–water partition coefficient (Wildman–Crippen LogP) is 3.30. The fourth-order valence-corrected chi connectivity index (χ4v) is 7.51. The van der Waals surface area contributed by atoms with Crippen molar-refractivity contribution < 1.29 is 9.13 Å². The SMILES string of the molecule is Cn1c(Cl)c(Cl)[n+](C)c1[B-]1(c2n(C)c(Cl)c(Cl)[n+]2C)C2CCCC1CCC2. The van der Waals surface area contributed by atoms with Crippen LogP contribution in [0.5, 0.6) is 0 Å². The van der Waals surface area contributed by atoms with Gasteiger partial charge in [0.1, 0.15) is 0 Å². The summed E-state index contributed by atoms with van der Waals surface area (Å²) in [6, 6.07) is 0. The van der Waals surface area contributed by atoms with Gasteiger partial charge in [-0.1, -0.05) is 38.5 Å². The van der Waals surface area contributed by atoms with Crippen molar-refractivity contribution in [1.29, 1.82) is 0 Å². The van der Waals surface area contributed by atoms with Gasteiger partial charge in [0, 0.05) is 0 Å². The normalized spacial score (nSPS) is 24.4. The van der Waals surface area contributed by atoms with Crippen LogP contribution in [0.3, 0.4) is 0 Å². The standard InChI is InChI=1S/C18H26BCl4N4/c1-24-13(20)14(21)25(2)17(24)19(11-7-5-8-12(19)10-6-9-11)18-26(3)15(22)16(23)27(18)4/h11-12H,5-10H2,1-4H3/q+1. The summed E-state index contributed by atoms with van der Waals surface area (Å²) in [5.41, 5.74) is 2.42. The van der Waals surface area contributed by atoms with Gasteiger partial charge in [-0.05, 0) is 46.4 Å². The molecule has 2 bridgehead atoms. The molecule has 0 N–H and O–H groups in total. The molecule has 9 heteroatoms. The van der Waals surface area contributed by atoms with Crippen LogP contribution in [-0.4, -0.2) is 15.3 Å². The zero-order chi connectivity index (χ0) is 19.7. The van der Waals surface area contributed by atoms with Crippen LogP contribution in [0.25, 0.3) is 0 Å². The molecule has 4 rings (SSSR count). The Kier molecular flexibility index (Phi) is 5.07. The third-order valence-electron chi connectivity index (χ3n) is 7.53. The average Bonchev–Trinajstić information content (AvgIpc) is 2.94. The molecule has 2 fully saturated rings. The summed E-state index contributed by atoms with van der Waals surface area (Å²) in [5, 5.41) is 2.36. The highest BCUT2D eigenvalue weighted by Crippen LogP contribution is 2.52. The molecule has 27 heavy (non-hydrogen) atoms. The van der Waals surface area contributed by atoms with Crippen molar-refractivity contribution in [2.45, 2.75) is 50.2 Å². The van der Waals surface area contributed by atoms with Gasteiger partial charge >= 0.3 is 0 Å². The Balaban J connectivity index is 2.14. The van der Waals surface area contributed by atoms with E-state index in [4.69, 9.17) is 46.4 Å². The molecule has 0 unspecified atom stereocenters. The van der Waals surface area contributed by atoms with E-state index < -0.39 is 6.15 Å². The minimum absolute atomic E-state index is 0.566. The third-order valence-corrected chi connectivity index (χ3v) is 9.46. The van der Waals surface area contributed by atoms with Crippen molar-refractivity contribution in [1.82, 2.24) is 9.13 Å². The number of rotatable bonds is 2. The van der Waals surface area contributed by atoms with Crippen molar-refractivity contribution >= 4 is 64.0 Å². The summed E-state index contributed by atoms with van der Waals surface area (Å²) in [5.74, 6) is 1.13. The Morgan fingerprint density at radius 3 is 1.33 bits per heavy atom. The molecule has 0 amide bonds. The molecular formula is C18H26BCl4N4+. The van der Waals surface area contributed by atoms with Crippen molar-refractivity contribution in [3.63, 3.8) is 0 Å². The van der Waals surface area contributed by atoms with E-state index in [1.54, 1.807) is 0 Å². The van der Waals surface area contributed by atoms with Gasteiger partial charge in [0.2, 0.25) is 6.15 Å². The van der Waals surface area contributed by atoms with Crippen molar-refractivity contribution in [3.05, 3.63) is 20.6 Å². The topological polar surface area (TPSA) is 17.6 Å². The minimum Gasteiger partial charge on any atom is -0.256 e. The summed E-state index contributed by atoms with van der Waals surface area (Å²) in [6.45, 7) is 0. The first-order valence-electron chi connectivity index (χ1n) is 9.71. The number of halogens is 4. The van der Waals surface area contributed by atoms with Gasteiger partial charge in [-0.15, -0.1) is 11.6 Å². The molecule has 0 radical (unpaired) electrons. The highest BCUT2D eigenvalue weighted by Gasteiger charge is 2.59. The van der Waals surface area contributed by atoms with E-state index in [2.05, 4.69) is 18.3 Å². The number of aromatic nitrogens is 4. The largest absolute Gasteiger partial charge is 0.256 e. The molecule has 0 atom stereocenters. The second-order valence-electron chi connectivity index (χ2n) is 8.50. The van der Waals surface area contributed by atoms with Gasteiger partial charge in [-0.3, -0.25) is 18.3 Å². The first-order valence-corrected chi connectivity index (χ1v) is 11.2. The van der Waals surface area contributed by atoms with E-state index in [0.717, 1.165) is 0 Å². The number of nitrogens with zero attached hydrogens (tertiary/aromatic N) is 4. The summed E-state index contributed by atoms with van der Waals surface area (Å²) in [6.07, 6.45) is 6.30. The summed E-state index contributed by atoms with van der Waals surface area (Å²) in [7, 11) is 8.13. The quantitative estimate of drug-likeness (QED) is 0.493. The number of imidazole rings is 2. The van der Waals surface area contributed by atoms with Crippen LogP contribution in [-0.2, 0) is 28.2 Å². The third kappa shape index (κ3) is 2.51. The zero-order valence-corrected chi connectivity index (χ0v) is 19.3. The Morgan fingerprint density at radius 1 is 0.741 bits per heavy atom. The number of hydrogen-bond acceptors (Lipinski definition) is 0. The van der Waals surface area contributed by atoms with Crippen LogP contribution in [0.1, 0.15) is 38.5 Å². The first kappa shape index (κ1) is 19.9. The van der Waals surface area contributed by atoms with Gasteiger partial charge in [0.05, 0.1) is 39.6 Å². The number of fused-ring (bicyclic) bond motifs is 2. The van der Waals surface area contributed by atoms with Crippen molar-refractivity contribution in [2.75, 3.05) is 0 Å². The Hall–Kier alpha value is -0.355. The van der Waals surface area contributed by atoms with E-state index in [1.807, 2.05) is 28.2 Å². The van der Waals surface area contributed by atoms with Gasteiger partial charge in [-0.2, -0.15) is 0 Å². The first-order chi connectivity index (χ1) is 12.7. The van der Waals surface area contributed by atoms with Crippen molar-refractivity contribution in [3.8, 4) is 0 Å². The molecular weight excluding hydrogens is 425 g/mol. The number of hydrogen-bond donors (Lipinski definition) is 0. The summed E-state index contributed by atoms with van der Waals surface area (Å²) >= 11 is 26.4. The zero-order valence-electron chi connectivity index (χ0n) is 16.3. The van der Waals surface area contributed by atoms with Crippen LogP contribution in [0, 0.1) is 0 Å². The molecule has 2 aromatic heterocycles. The second-order valence-corrected chi connectivity index (χ2v) is 9.93. The van der Waals surface area contributed by atoms with E-state index >= 15 is 0 Å². The molecule has 2 saturated heterocycles. The van der Waals surface area contributed by atoms with Gasteiger partial charge in [-0.25, -0.2) is 0 Å². The molecule has 0 aromatic carbocycles. The van der Waals surface area contributed by atoms with Crippen LogP contribution in [0.15, 0.2) is 0 Å². The lowest BCUT2D eigenvalue weighted by molar-refractivity contribution is -0.656. The Labute approximate surface area is 180 Å². The van der Waals surface area contributed by atoms with E-state index in [0.29, 0.717) is 32.2 Å². The Bertz CT molecular complexity index is 786. The van der Waals surface area contributed by atoms with Crippen molar-refractivity contribution in [2.24, 2.45) is 28.2 Å². The molecule has 2 aromatic rings. The second kappa shape index (κ2) is 6.86. The maximum Gasteiger partial charge on any atom is 0.252 e. The smallest absolute Gasteiger partial charge is 0.252 e. The lowest BCUT2D eigenvalue weighted by Gasteiger charge is -2.53. The van der Waals surface area contributed by atoms with Crippen LogP contribution >= 0.6 is 46.4 Å². The molecule has 0 aliphatic carbocycles. The summed E-state index contributed by atoms with van der Waals surface area (Å²) in [4.78, 5) is 0. The molecule has 0 spiro atoms. The van der Waals surface area contributed by atoms with Crippen LogP contribution in [0.4, 0.5) is 0 Å². The maximum absolute atomic E-state index is 6.60. The highest BCUT2D eigenvalue weighted by atomic mass is 35.5. The van der Waals surface area contributed by atoms with E-state index in [9.17, 15) is 0 Å². The molecule has 2 aliphatic heterocycles. The average molecular weight is 451 g/mol. The molecule has 148 valence electrons. The lowest BCUT2D eigenvalue weighted by atomic mass is 9.08. The molecule has 4 nitrogen and oxygen atoms in total. The fraction of sp³-hybridized carbons (Fsp3) is 0.667. The molecule has 2 aliphatic rings. The van der Waals surface area contributed by atoms with Gasteiger partial charge in [0.15, 0.2) is 0 Å². The van der Waals surface area contributed by atoms with Crippen LogP contribution < -0.4 is 20.6 Å². The summed E-state index contributed by atoms with van der Waals surface area (Å²) < 4.78 is 8.37. The molecule has 4 heterocycles. The monoisotopic (exact) mass is 449 g/mol. The van der Waals surface area contributed by atoms with Gasteiger partial charge in [0.25, 0.3) is 20.6 Å². The maximum atomic E-state index is 6.60. The van der Waals surface area contributed by atoms with E-state index in [1.165, 1.54) is 50.0 Å². The highest BCUT2D eigenvalue weighted by molar-refractivity contribution is 7.02. The van der Waals surface area contributed by atoms with Crippen LogP contribution in [0.2, 0.25) is 32.2 Å². The lowest BCUT2D eigenvalue weighted by Crippen LogP contribution is -2.81. The van der Waals surface area contributed by atoms with E-state index in [-0.39, 0.29) is 0 Å². The van der Waals surface area contributed by atoms with Gasteiger partial charge < -0.3 is 0 Å².